The van der Waals surface area contributed by atoms with Gasteiger partial charge in [0.15, 0.2) is 5.82 Å². The van der Waals surface area contributed by atoms with Crippen LogP contribution in [0.15, 0.2) is 6.07 Å². The summed E-state index contributed by atoms with van der Waals surface area (Å²) in [6.45, 7) is 5.57. The van der Waals surface area contributed by atoms with E-state index in [1.165, 1.54) is 4.31 Å². The molecule has 8 nitrogen and oxygen atoms in total. The lowest BCUT2D eigenvalue weighted by Gasteiger charge is -2.60. The molecule has 25 heavy (non-hydrogen) atoms. The summed E-state index contributed by atoms with van der Waals surface area (Å²) < 4.78 is 25.9. The molecule has 0 unspecified atom stereocenters. The molecule has 0 radical (unpaired) electrons. The first kappa shape index (κ1) is 17.0. The summed E-state index contributed by atoms with van der Waals surface area (Å²) in [5.41, 5.74) is 2.13. The highest BCUT2D eigenvalue weighted by atomic mass is 35.5. The van der Waals surface area contributed by atoms with Gasteiger partial charge >= 0.3 is 0 Å². The Morgan fingerprint density at radius 2 is 2.00 bits per heavy atom. The minimum atomic E-state index is -3.62. The number of fused-ring (bicyclic) bond motifs is 1. The van der Waals surface area contributed by atoms with E-state index < -0.39 is 10.2 Å². The monoisotopic (exact) mass is 384 g/mol. The number of aryl methyl sites for hydroxylation is 2. The summed E-state index contributed by atoms with van der Waals surface area (Å²) >= 11 is 6.26. The van der Waals surface area contributed by atoms with Crippen molar-refractivity contribution in [1.29, 1.82) is 0 Å². The van der Waals surface area contributed by atoms with E-state index in [9.17, 15) is 8.42 Å². The van der Waals surface area contributed by atoms with Gasteiger partial charge in [-0.05, 0) is 38.3 Å². The Bertz CT molecular complexity index is 958. The minimum Gasteiger partial charge on any atom is -0.353 e. The van der Waals surface area contributed by atoms with Gasteiger partial charge in [-0.3, -0.25) is 0 Å². The Kier molecular flexibility index (Phi) is 3.60. The average Bonchev–Trinajstić information content (AvgIpc) is 2.69. The van der Waals surface area contributed by atoms with Gasteiger partial charge in [-0.2, -0.15) is 17.8 Å². The van der Waals surface area contributed by atoms with E-state index in [0.717, 1.165) is 42.8 Å². The van der Waals surface area contributed by atoms with Crippen molar-refractivity contribution in [3.05, 3.63) is 22.6 Å². The molecule has 0 amide bonds. The summed E-state index contributed by atoms with van der Waals surface area (Å²) in [5.74, 6) is 1.56. The van der Waals surface area contributed by atoms with Crippen molar-refractivity contribution >= 4 is 33.1 Å². The fraction of sp³-hybridized carbons (Fsp3) is 0.600. The van der Waals surface area contributed by atoms with E-state index in [4.69, 9.17) is 16.7 Å². The second-order valence-corrected chi connectivity index (χ2v) is 9.37. The predicted octanol–water partition coefficient (Wildman–Crippen LogP) is 1.10. The maximum Gasteiger partial charge on any atom is 0.276 e. The van der Waals surface area contributed by atoms with E-state index >= 15 is 0 Å². The molecule has 3 heterocycles. The number of hydrogen-bond donors (Lipinski definition) is 1. The average molecular weight is 385 g/mol. The second kappa shape index (κ2) is 5.29. The summed E-state index contributed by atoms with van der Waals surface area (Å²) in [6, 6.07) is 1.89. The molecule has 0 bridgehead atoms. The van der Waals surface area contributed by atoms with Gasteiger partial charge in [-0.1, -0.05) is 11.6 Å². The van der Waals surface area contributed by atoms with Gasteiger partial charge in [-0.25, -0.2) is 14.6 Å². The number of halogens is 1. The molecule has 0 atom stereocenters. The van der Waals surface area contributed by atoms with E-state index in [1.54, 1.807) is 11.6 Å². The number of hydrogen-bond acceptors (Lipinski definition) is 5. The number of nitrogens with two attached hydrogens (primary N) is 1. The number of aromatic nitrogens is 3. The van der Waals surface area contributed by atoms with Crippen molar-refractivity contribution in [3.8, 4) is 0 Å². The number of rotatable bonds is 3. The van der Waals surface area contributed by atoms with Crippen molar-refractivity contribution in [3.63, 3.8) is 0 Å². The summed E-state index contributed by atoms with van der Waals surface area (Å²) in [7, 11) is -2.07. The second-order valence-electron chi connectivity index (χ2n) is 7.37. The molecule has 1 spiro atoms. The molecule has 4 rings (SSSR count). The van der Waals surface area contributed by atoms with Crippen molar-refractivity contribution < 1.29 is 8.42 Å². The SMILES string of the molecule is Cc1nc(N2CC3(CC(N(C)S(N)(=O)=O)C3)C2)c2c(C)cc(Cl)n2n1. The highest BCUT2D eigenvalue weighted by Crippen LogP contribution is 2.51. The van der Waals surface area contributed by atoms with Crippen LogP contribution in [0.1, 0.15) is 24.2 Å². The van der Waals surface area contributed by atoms with Crippen molar-refractivity contribution in [2.75, 3.05) is 25.0 Å². The van der Waals surface area contributed by atoms with Gasteiger partial charge in [0.2, 0.25) is 0 Å². The summed E-state index contributed by atoms with van der Waals surface area (Å²) in [5, 5.41) is 10.2. The third-order valence-corrected chi connectivity index (χ3v) is 6.82. The first-order valence-corrected chi connectivity index (χ1v) is 10.0. The van der Waals surface area contributed by atoms with Crippen LogP contribution in [0.2, 0.25) is 5.15 Å². The van der Waals surface area contributed by atoms with Crippen molar-refractivity contribution in [2.24, 2.45) is 10.6 Å². The third kappa shape index (κ3) is 2.61. The summed E-state index contributed by atoms with van der Waals surface area (Å²) in [6.07, 6.45) is 1.66. The molecule has 2 fully saturated rings. The molecular formula is C15H21ClN6O2S. The van der Waals surface area contributed by atoms with Crippen molar-refractivity contribution in [1.82, 2.24) is 18.9 Å². The van der Waals surface area contributed by atoms with Crippen LogP contribution in [0.4, 0.5) is 5.82 Å². The van der Waals surface area contributed by atoms with Gasteiger partial charge in [0, 0.05) is 31.6 Å². The Labute approximate surface area is 151 Å². The van der Waals surface area contributed by atoms with Gasteiger partial charge in [0.1, 0.15) is 16.5 Å². The first-order chi connectivity index (χ1) is 11.6. The highest BCUT2D eigenvalue weighted by Gasteiger charge is 2.55. The van der Waals surface area contributed by atoms with Gasteiger partial charge in [0.25, 0.3) is 10.2 Å². The largest absolute Gasteiger partial charge is 0.353 e. The van der Waals surface area contributed by atoms with Crippen LogP contribution in [0, 0.1) is 19.3 Å². The lowest BCUT2D eigenvalue weighted by Crippen LogP contribution is -2.67. The Morgan fingerprint density at radius 3 is 2.60 bits per heavy atom. The maximum absolute atomic E-state index is 11.5. The standard InChI is InChI=1S/C15H21ClN6O2S/c1-9-4-12(16)22-13(9)14(18-10(2)19-22)21-7-15(8-21)5-11(6-15)20(3)25(17,23)24/h4,11H,5-8H2,1-3H3,(H2,17,23,24). The molecule has 2 aliphatic rings. The molecule has 1 saturated heterocycles. The molecule has 0 aromatic carbocycles. The molecule has 1 aliphatic carbocycles. The zero-order valence-electron chi connectivity index (χ0n) is 14.4. The Morgan fingerprint density at radius 1 is 1.36 bits per heavy atom. The highest BCUT2D eigenvalue weighted by molar-refractivity contribution is 7.86. The Hall–Kier alpha value is -1.42. The molecular weight excluding hydrogens is 364 g/mol. The van der Waals surface area contributed by atoms with Gasteiger partial charge < -0.3 is 4.90 Å². The van der Waals surface area contributed by atoms with E-state index in [1.807, 2.05) is 19.9 Å². The van der Waals surface area contributed by atoms with Crippen LogP contribution in [0.3, 0.4) is 0 Å². The molecule has 2 aromatic heterocycles. The third-order valence-electron chi connectivity index (χ3n) is 5.45. The lowest BCUT2D eigenvalue weighted by molar-refractivity contribution is 0.0207. The van der Waals surface area contributed by atoms with Crippen LogP contribution < -0.4 is 10.0 Å². The molecule has 136 valence electrons. The fourth-order valence-electron chi connectivity index (χ4n) is 4.12. The minimum absolute atomic E-state index is 0.00575. The van der Waals surface area contributed by atoms with Crippen LogP contribution in [-0.4, -0.2) is 53.5 Å². The molecule has 10 heteroatoms. The molecule has 1 saturated carbocycles. The zero-order chi connectivity index (χ0) is 18.1. The number of nitrogens with zero attached hydrogens (tertiary/aromatic N) is 5. The Balaban J connectivity index is 1.54. The van der Waals surface area contributed by atoms with E-state index in [-0.39, 0.29) is 11.5 Å². The van der Waals surface area contributed by atoms with Crippen LogP contribution in [-0.2, 0) is 10.2 Å². The number of anilines is 1. The van der Waals surface area contributed by atoms with Gasteiger partial charge in [0.05, 0.1) is 0 Å². The van der Waals surface area contributed by atoms with Crippen LogP contribution in [0.25, 0.3) is 5.52 Å². The molecule has 2 N–H and O–H groups in total. The topological polar surface area (TPSA) is 96.8 Å². The smallest absolute Gasteiger partial charge is 0.276 e. The quantitative estimate of drug-likeness (QED) is 0.854. The van der Waals surface area contributed by atoms with Crippen LogP contribution >= 0.6 is 11.6 Å². The molecule has 1 aliphatic heterocycles. The fourth-order valence-corrected chi connectivity index (χ4v) is 4.97. The predicted molar refractivity (Wildman–Crippen MR) is 96.0 cm³/mol. The van der Waals surface area contributed by atoms with E-state index in [2.05, 4.69) is 15.0 Å². The normalized spacial score (nSPS) is 20.3. The van der Waals surface area contributed by atoms with Crippen LogP contribution in [0.5, 0.6) is 0 Å². The maximum atomic E-state index is 11.5. The van der Waals surface area contributed by atoms with Crippen molar-refractivity contribution in [2.45, 2.75) is 32.7 Å². The van der Waals surface area contributed by atoms with Gasteiger partial charge in [-0.15, -0.1) is 0 Å². The zero-order valence-corrected chi connectivity index (χ0v) is 16.0. The molecule has 2 aromatic rings. The lowest BCUT2D eigenvalue weighted by atomic mass is 9.60. The first-order valence-electron chi connectivity index (χ1n) is 8.13. The van der Waals surface area contributed by atoms with E-state index in [0.29, 0.717) is 11.0 Å². The summed E-state index contributed by atoms with van der Waals surface area (Å²) in [4.78, 5) is 6.85.